The van der Waals surface area contributed by atoms with Crippen molar-refractivity contribution in [2.24, 2.45) is 0 Å². The summed E-state index contributed by atoms with van der Waals surface area (Å²) in [7, 11) is 0. The number of carbonyl (C=O) groups is 2. The molecule has 0 radical (unpaired) electrons. The fourth-order valence-electron chi connectivity index (χ4n) is 2.99. The zero-order valence-corrected chi connectivity index (χ0v) is 18.4. The Morgan fingerprint density at radius 2 is 1.73 bits per heavy atom. The summed E-state index contributed by atoms with van der Waals surface area (Å²) in [4.78, 5) is 25.8. The van der Waals surface area contributed by atoms with Gasteiger partial charge in [0.15, 0.2) is 0 Å². The summed E-state index contributed by atoms with van der Waals surface area (Å²) >= 11 is 7.58. The van der Waals surface area contributed by atoms with Crippen molar-refractivity contribution in [3.8, 4) is 0 Å². The molecule has 1 aromatic heterocycles. The fraction of sp³-hybridized carbons (Fsp3) is 0.227. The number of benzene rings is 2. The molecule has 3 rings (SSSR count). The molecule has 1 unspecified atom stereocenters. The van der Waals surface area contributed by atoms with E-state index in [1.807, 2.05) is 36.4 Å². The molecule has 0 saturated heterocycles. The molecule has 6 nitrogen and oxygen atoms in total. The van der Waals surface area contributed by atoms with E-state index in [0.717, 1.165) is 21.8 Å². The molecule has 0 bridgehead atoms. The minimum Gasteiger partial charge on any atom is -0.361 e. The molecule has 1 heterocycles. The minimum absolute atomic E-state index is 0.339. The molecule has 1 atom stereocenters. The smallest absolute Gasteiger partial charge is 0.269 e. The highest BCUT2D eigenvalue weighted by molar-refractivity contribution is 7.98. The monoisotopic (exact) mass is 443 g/mol. The van der Waals surface area contributed by atoms with Crippen molar-refractivity contribution in [2.45, 2.75) is 37.3 Å². The van der Waals surface area contributed by atoms with Gasteiger partial charge < -0.3 is 4.52 Å². The van der Waals surface area contributed by atoms with E-state index in [4.69, 9.17) is 16.1 Å². The van der Waals surface area contributed by atoms with E-state index >= 15 is 0 Å². The van der Waals surface area contributed by atoms with Crippen molar-refractivity contribution in [3.05, 3.63) is 81.7 Å². The summed E-state index contributed by atoms with van der Waals surface area (Å²) in [5.74, 6) is 0.146. The molecular formula is C22H22ClN3O3S. The van der Waals surface area contributed by atoms with Gasteiger partial charge >= 0.3 is 0 Å². The quantitative estimate of drug-likeness (QED) is 0.422. The van der Waals surface area contributed by atoms with E-state index in [2.05, 4.69) is 16.0 Å². The van der Waals surface area contributed by atoms with Crippen LogP contribution < -0.4 is 10.9 Å². The summed E-state index contributed by atoms with van der Waals surface area (Å²) in [5.41, 5.74) is 7.85. The highest BCUT2D eigenvalue weighted by atomic mass is 35.5. The Morgan fingerprint density at radius 1 is 1.07 bits per heavy atom. The topological polar surface area (TPSA) is 84.2 Å². The summed E-state index contributed by atoms with van der Waals surface area (Å²) in [6.45, 7) is 5.27. The molecule has 0 aliphatic rings. The molecule has 0 saturated carbocycles. The number of nitrogens with one attached hydrogen (secondary N) is 2. The summed E-state index contributed by atoms with van der Waals surface area (Å²) < 4.78 is 5.10. The number of carbonyl (C=O) groups excluding carboxylic acids is 2. The first-order valence-corrected chi connectivity index (χ1v) is 10.7. The second kappa shape index (κ2) is 9.82. The average Bonchev–Trinajstić information content (AvgIpc) is 3.09. The van der Waals surface area contributed by atoms with Crippen LogP contribution in [0, 0.1) is 13.8 Å². The first kappa shape index (κ1) is 21.9. The van der Waals surface area contributed by atoms with Crippen LogP contribution in [0.3, 0.4) is 0 Å². The Balaban J connectivity index is 1.51. The Bertz CT molecular complexity index is 1010. The van der Waals surface area contributed by atoms with Crippen molar-refractivity contribution < 1.29 is 14.1 Å². The van der Waals surface area contributed by atoms with Crippen LogP contribution in [0.2, 0.25) is 5.02 Å². The van der Waals surface area contributed by atoms with Crippen LogP contribution in [0.5, 0.6) is 0 Å². The molecule has 2 amide bonds. The van der Waals surface area contributed by atoms with E-state index < -0.39 is 5.92 Å². The van der Waals surface area contributed by atoms with Gasteiger partial charge in [0.2, 0.25) is 5.91 Å². The Labute approximate surface area is 184 Å². The van der Waals surface area contributed by atoms with E-state index in [9.17, 15) is 9.59 Å². The molecule has 0 aliphatic carbocycles. The molecule has 8 heteroatoms. The molecule has 0 fully saturated rings. The van der Waals surface area contributed by atoms with E-state index in [0.29, 0.717) is 22.0 Å². The number of rotatable bonds is 6. The number of aryl methyl sites for hydroxylation is 2. The maximum absolute atomic E-state index is 12.4. The molecule has 3 aromatic rings. The molecule has 2 N–H and O–H groups in total. The number of halogens is 1. The van der Waals surface area contributed by atoms with Crippen LogP contribution in [0.1, 0.15) is 45.8 Å². The average molecular weight is 444 g/mol. The zero-order chi connectivity index (χ0) is 21.7. The third-order valence-corrected chi connectivity index (χ3v) is 5.98. The Kier molecular flexibility index (Phi) is 7.18. The van der Waals surface area contributed by atoms with Gasteiger partial charge in [0.05, 0.1) is 11.6 Å². The summed E-state index contributed by atoms with van der Waals surface area (Å²) in [5, 5.41) is 4.57. The minimum atomic E-state index is -0.496. The lowest BCUT2D eigenvalue weighted by molar-refractivity contribution is -0.123. The van der Waals surface area contributed by atoms with Crippen LogP contribution in [-0.2, 0) is 10.5 Å². The second-order valence-electron chi connectivity index (χ2n) is 6.84. The third-order valence-electron chi connectivity index (χ3n) is 4.65. The van der Waals surface area contributed by atoms with E-state index in [1.54, 1.807) is 44.7 Å². The highest BCUT2D eigenvalue weighted by Gasteiger charge is 2.23. The number of hydrazine groups is 1. The van der Waals surface area contributed by atoms with Gasteiger partial charge in [0.25, 0.3) is 5.91 Å². The van der Waals surface area contributed by atoms with Crippen LogP contribution in [0.4, 0.5) is 0 Å². The predicted octanol–water partition coefficient (Wildman–Crippen LogP) is 4.80. The van der Waals surface area contributed by atoms with Crippen LogP contribution in [0.15, 0.2) is 57.9 Å². The number of amides is 2. The lowest BCUT2D eigenvalue weighted by Gasteiger charge is -2.13. The van der Waals surface area contributed by atoms with E-state index in [-0.39, 0.29) is 11.8 Å². The number of thioether (sulfide) groups is 1. The van der Waals surface area contributed by atoms with Gasteiger partial charge in [-0.2, -0.15) is 0 Å². The number of hydrogen-bond donors (Lipinski definition) is 2. The van der Waals surface area contributed by atoms with Gasteiger partial charge in [-0.05, 0) is 62.7 Å². The highest BCUT2D eigenvalue weighted by Crippen LogP contribution is 2.25. The van der Waals surface area contributed by atoms with Gasteiger partial charge in [-0.1, -0.05) is 28.9 Å². The molecule has 0 spiro atoms. The van der Waals surface area contributed by atoms with Gasteiger partial charge in [0.1, 0.15) is 5.76 Å². The lowest BCUT2D eigenvalue weighted by Crippen LogP contribution is -2.43. The molecular weight excluding hydrogens is 422 g/mol. The normalized spacial score (nSPS) is 11.7. The van der Waals surface area contributed by atoms with Gasteiger partial charge in [0, 0.05) is 26.8 Å². The molecule has 2 aromatic carbocycles. The van der Waals surface area contributed by atoms with Crippen LogP contribution in [-0.4, -0.2) is 17.0 Å². The first-order chi connectivity index (χ1) is 14.3. The maximum Gasteiger partial charge on any atom is 0.269 e. The van der Waals surface area contributed by atoms with Crippen molar-refractivity contribution >= 4 is 35.2 Å². The van der Waals surface area contributed by atoms with Crippen molar-refractivity contribution in [1.29, 1.82) is 0 Å². The first-order valence-electron chi connectivity index (χ1n) is 9.35. The Hall–Kier alpha value is -2.77. The van der Waals surface area contributed by atoms with Gasteiger partial charge in [-0.25, -0.2) is 0 Å². The van der Waals surface area contributed by atoms with Crippen molar-refractivity contribution in [1.82, 2.24) is 16.0 Å². The van der Waals surface area contributed by atoms with Gasteiger partial charge in [-0.3, -0.25) is 20.4 Å². The second-order valence-corrected chi connectivity index (χ2v) is 8.33. The number of nitrogens with zero attached hydrogens (tertiary/aromatic N) is 1. The largest absolute Gasteiger partial charge is 0.361 e. The lowest BCUT2D eigenvalue weighted by atomic mass is 9.99. The fourth-order valence-corrected chi connectivity index (χ4v) is 3.97. The third kappa shape index (κ3) is 5.43. The molecule has 156 valence electrons. The van der Waals surface area contributed by atoms with Gasteiger partial charge in [-0.15, -0.1) is 11.8 Å². The molecule has 30 heavy (non-hydrogen) atoms. The van der Waals surface area contributed by atoms with Crippen molar-refractivity contribution in [2.75, 3.05) is 0 Å². The number of hydrogen-bond acceptors (Lipinski definition) is 5. The summed E-state index contributed by atoms with van der Waals surface area (Å²) in [6.07, 6.45) is 0. The molecule has 0 aliphatic heterocycles. The Morgan fingerprint density at radius 3 is 2.33 bits per heavy atom. The predicted molar refractivity (Wildman–Crippen MR) is 117 cm³/mol. The number of aromatic nitrogens is 1. The maximum atomic E-state index is 12.4. The van der Waals surface area contributed by atoms with Crippen LogP contribution in [0.25, 0.3) is 0 Å². The van der Waals surface area contributed by atoms with Crippen LogP contribution >= 0.6 is 23.4 Å². The SMILES string of the molecule is Cc1noc(C)c1C(C)C(=O)NNC(=O)c1ccc(CSc2ccc(Cl)cc2)cc1. The van der Waals surface area contributed by atoms with Crippen molar-refractivity contribution in [3.63, 3.8) is 0 Å². The summed E-state index contributed by atoms with van der Waals surface area (Å²) in [6, 6.07) is 14.9. The zero-order valence-electron chi connectivity index (χ0n) is 16.9. The van der Waals surface area contributed by atoms with E-state index in [1.165, 1.54) is 0 Å². The standard InChI is InChI=1S/C22H22ClN3O3S/c1-13(20-14(2)26-29-15(20)3)21(27)24-25-22(28)17-6-4-16(5-7-17)12-30-19-10-8-18(23)9-11-19/h4-11,13H,12H2,1-3H3,(H,24,27)(H,25,28).